The second kappa shape index (κ2) is 9.21. The van der Waals surface area contributed by atoms with Gasteiger partial charge in [0, 0.05) is 33.5 Å². The monoisotopic (exact) mass is 441 g/mol. The van der Waals surface area contributed by atoms with Gasteiger partial charge in [-0.25, -0.2) is 0 Å². The Balaban J connectivity index is 1.55. The Labute approximate surface area is 181 Å². The normalized spacial score (nSPS) is 10.8. The van der Waals surface area contributed by atoms with Gasteiger partial charge in [0.05, 0.1) is 12.3 Å². The van der Waals surface area contributed by atoms with Crippen LogP contribution in [-0.2, 0) is 11.3 Å². The maximum Gasteiger partial charge on any atom is 0.230 e. The third kappa shape index (κ3) is 4.84. The molecule has 0 spiro atoms. The fourth-order valence-electron chi connectivity index (χ4n) is 2.65. The zero-order valence-electron chi connectivity index (χ0n) is 15.2. The summed E-state index contributed by atoms with van der Waals surface area (Å²) in [6, 6.07) is 15.1. The quantitative estimate of drug-likeness (QED) is 0.429. The molecule has 0 atom stereocenters. The largest absolute Gasteiger partial charge is 0.350 e. The molecule has 4 rings (SSSR count). The fraction of sp³-hybridized carbons (Fsp3) is 0.100. The highest BCUT2D eigenvalue weighted by Crippen LogP contribution is 2.28. The van der Waals surface area contributed by atoms with Crippen molar-refractivity contribution in [3.05, 3.63) is 76.2 Å². The van der Waals surface area contributed by atoms with Crippen molar-refractivity contribution in [2.24, 2.45) is 0 Å². The summed E-state index contributed by atoms with van der Waals surface area (Å²) >= 11 is 8.99. The van der Waals surface area contributed by atoms with Gasteiger partial charge in [-0.1, -0.05) is 29.4 Å². The number of aromatic nitrogens is 4. The number of nitrogens with zero attached hydrogens (tertiary/aromatic N) is 4. The number of carbonyl (C=O) groups is 1. The number of nitrogens with one attached hydrogen (secondary N) is 1. The molecule has 9 heteroatoms. The second-order valence-electron chi connectivity index (χ2n) is 6.00. The Hall–Kier alpha value is -2.68. The van der Waals surface area contributed by atoms with Gasteiger partial charge in [-0.05, 0) is 47.8 Å². The Morgan fingerprint density at radius 2 is 2.00 bits per heavy atom. The molecule has 3 heterocycles. The van der Waals surface area contributed by atoms with Crippen LogP contribution in [-0.4, -0.2) is 31.4 Å². The van der Waals surface area contributed by atoms with Crippen molar-refractivity contribution in [2.45, 2.75) is 11.7 Å². The Morgan fingerprint density at radius 3 is 2.72 bits per heavy atom. The van der Waals surface area contributed by atoms with Gasteiger partial charge in [-0.2, -0.15) is 0 Å². The van der Waals surface area contributed by atoms with Crippen molar-refractivity contribution in [3.63, 3.8) is 0 Å². The molecule has 1 N–H and O–H groups in total. The number of halogens is 1. The van der Waals surface area contributed by atoms with Crippen molar-refractivity contribution in [2.75, 3.05) is 5.75 Å². The molecule has 0 saturated heterocycles. The van der Waals surface area contributed by atoms with Crippen molar-refractivity contribution in [1.82, 2.24) is 25.1 Å². The maximum atomic E-state index is 12.3. The topological polar surface area (TPSA) is 72.7 Å². The molecule has 146 valence electrons. The average molecular weight is 442 g/mol. The molecule has 0 aliphatic heterocycles. The number of amides is 1. The first-order chi connectivity index (χ1) is 14.2. The lowest BCUT2D eigenvalue weighted by Gasteiger charge is -2.10. The Bertz CT molecular complexity index is 1080. The van der Waals surface area contributed by atoms with E-state index in [0.717, 1.165) is 16.1 Å². The van der Waals surface area contributed by atoms with Gasteiger partial charge in [0.25, 0.3) is 0 Å². The van der Waals surface area contributed by atoms with E-state index < -0.39 is 0 Å². The van der Waals surface area contributed by atoms with E-state index in [2.05, 4.69) is 20.5 Å². The van der Waals surface area contributed by atoms with Crippen LogP contribution in [0.1, 0.15) is 4.88 Å². The van der Waals surface area contributed by atoms with E-state index in [1.54, 1.807) is 23.7 Å². The van der Waals surface area contributed by atoms with Crippen LogP contribution < -0.4 is 5.32 Å². The first-order valence-corrected chi connectivity index (χ1v) is 11.0. The summed E-state index contributed by atoms with van der Waals surface area (Å²) in [6.07, 6.45) is 3.44. The van der Waals surface area contributed by atoms with Gasteiger partial charge >= 0.3 is 0 Å². The van der Waals surface area contributed by atoms with Gasteiger partial charge in [-0.15, -0.1) is 21.5 Å². The van der Waals surface area contributed by atoms with E-state index >= 15 is 0 Å². The highest BCUT2D eigenvalue weighted by molar-refractivity contribution is 7.99. The Kier molecular flexibility index (Phi) is 6.24. The van der Waals surface area contributed by atoms with Crippen LogP contribution in [0.2, 0.25) is 5.02 Å². The summed E-state index contributed by atoms with van der Waals surface area (Å²) in [5.41, 5.74) is 1.70. The summed E-state index contributed by atoms with van der Waals surface area (Å²) in [6.45, 7) is 0.530. The Morgan fingerprint density at radius 1 is 1.14 bits per heavy atom. The van der Waals surface area contributed by atoms with Crippen LogP contribution >= 0.6 is 34.7 Å². The first-order valence-electron chi connectivity index (χ1n) is 8.74. The molecule has 6 nitrogen and oxygen atoms in total. The molecule has 4 aromatic rings. The molecule has 1 amide bonds. The summed E-state index contributed by atoms with van der Waals surface area (Å²) in [5, 5.41) is 14.8. The van der Waals surface area contributed by atoms with Crippen LogP contribution in [0.3, 0.4) is 0 Å². The van der Waals surface area contributed by atoms with E-state index in [0.29, 0.717) is 22.5 Å². The number of thiophene rings is 1. The molecular weight excluding hydrogens is 426 g/mol. The third-order valence-corrected chi connectivity index (χ3v) is 6.07. The van der Waals surface area contributed by atoms with Gasteiger partial charge in [0.2, 0.25) is 5.91 Å². The lowest BCUT2D eigenvalue weighted by Crippen LogP contribution is -2.24. The molecule has 29 heavy (non-hydrogen) atoms. The van der Waals surface area contributed by atoms with Crippen LogP contribution in [0.25, 0.3) is 17.1 Å². The molecule has 0 aliphatic carbocycles. The molecule has 0 aliphatic rings. The number of hydrogen-bond donors (Lipinski definition) is 1. The van der Waals surface area contributed by atoms with Crippen LogP contribution in [0, 0.1) is 0 Å². The maximum absolute atomic E-state index is 12.3. The molecule has 0 bridgehead atoms. The number of benzene rings is 1. The van der Waals surface area contributed by atoms with Crippen molar-refractivity contribution < 1.29 is 4.79 Å². The molecule has 3 aromatic heterocycles. The third-order valence-electron chi connectivity index (χ3n) is 4.01. The highest BCUT2D eigenvalue weighted by Gasteiger charge is 2.17. The molecular formula is C20H16ClN5OS2. The summed E-state index contributed by atoms with van der Waals surface area (Å²) in [7, 11) is 0. The molecule has 0 saturated carbocycles. The predicted octanol–water partition coefficient (Wildman–Crippen LogP) is 4.45. The van der Waals surface area contributed by atoms with E-state index in [1.165, 1.54) is 11.8 Å². The van der Waals surface area contributed by atoms with Crippen LogP contribution in [0.15, 0.2) is 71.5 Å². The molecule has 0 fully saturated rings. The van der Waals surface area contributed by atoms with Gasteiger partial charge in [0.15, 0.2) is 11.0 Å². The molecule has 0 radical (unpaired) electrons. The first kappa shape index (κ1) is 19.6. The van der Waals surface area contributed by atoms with E-state index in [-0.39, 0.29) is 11.7 Å². The predicted molar refractivity (Wildman–Crippen MR) is 116 cm³/mol. The SMILES string of the molecule is O=C(CSc1nnc(-c2cccnc2)n1-c1ccc(Cl)cc1)NCc1cccs1. The number of carbonyl (C=O) groups excluding carboxylic acids is 1. The van der Waals surface area contributed by atoms with Crippen LogP contribution in [0.4, 0.5) is 0 Å². The lowest BCUT2D eigenvalue weighted by atomic mass is 10.2. The number of hydrogen-bond acceptors (Lipinski definition) is 6. The molecule has 0 unspecified atom stereocenters. The van der Waals surface area contributed by atoms with Crippen LogP contribution in [0.5, 0.6) is 0 Å². The van der Waals surface area contributed by atoms with E-state index in [4.69, 9.17) is 11.6 Å². The standard InChI is InChI=1S/C20H16ClN5OS2/c21-15-5-7-16(8-6-15)26-19(14-3-1-9-22-11-14)24-25-20(26)29-13-18(27)23-12-17-4-2-10-28-17/h1-11H,12-13H2,(H,23,27). The number of thioether (sulfide) groups is 1. The zero-order chi connectivity index (χ0) is 20.1. The van der Waals surface area contributed by atoms with E-state index in [1.807, 2.05) is 58.5 Å². The van der Waals surface area contributed by atoms with Gasteiger partial charge < -0.3 is 5.32 Å². The molecule has 1 aromatic carbocycles. The van der Waals surface area contributed by atoms with E-state index in [9.17, 15) is 4.79 Å². The van der Waals surface area contributed by atoms with Gasteiger partial charge in [0.1, 0.15) is 0 Å². The highest BCUT2D eigenvalue weighted by atomic mass is 35.5. The summed E-state index contributed by atoms with van der Waals surface area (Å²) in [5.74, 6) is 0.836. The average Bonchev–Trinajstić information content (AvgIpc) is 3.42. The minimum absolute atomic E-state index is 0.0583. The van der Waals surface area contributed by atoms with Gasteiger partial charge in [-0.3, -0.25) is 14.3 Å². The zero-order valence-corrected chi connectivity index (χ0v) is 17.5. The minimum Gasteiger partial charge on any atom is -0.350 e. The minimum atomic E-state index is -0.0583. The number of rotatable bonds is 7. The summed E-state index contributed by atoms with van der Waals surface area (Å²) in [4.78, 5) is 17.6. The summed E-state index contributed by atoms with van der Waals surface area (Å²) < 4.78 is 1.91. The smallest absolute Gasteiger partial charge is 0.230 e. The van der Waals surface area contributed by atoms with Crippen molar-refractivity contribution >= 4 is 40.6 Å². The van der Waals surface area contributed by atoms with Crippen molar-refractivity contribution in [3.8, 4) is 17.1 Å². The van der Waals surface area contributed by atoms with Crippen molar-refractivity contribution in [1.29, 1.82) is 0 Å². The fourth-order valence-corrected chi connectivity index (χ4v) is 4.20. The number of pyridine rings is 1. The lowest BCUT2D eigenvalue weighted by molar-refractivity contribution is -0.118. The second-order valence-corrected chi connectivity index (χ2v) is 8.42.